The molecule has 3 atom stereocenters. The molecule has 0 saturated heterocycles. The summed E-state index contributed by atoms with van der Waals surface area (Å²) in [5, 5.41) is 43.7. The molecule has 4 aliphatic rings. The van der Waals surface area contributed by atoms with Gasteiger partial charge in [0, 0.05) is 51.7 Å². The van der Waals surface area contributed by atoms with Crippen molar-refractivity contribution in [3.05, 3.63) is 82.3 Å². The van der Waals surface area contributed by atoms with Crippen LogP contribution in [0.2, 0.25) is 0 Å². The van der Waals surface area contributed by atoms with Crippen LogP contribution < -0.4 is 29.9 Å². The second kappa shape index (κ2) is 9.84. The summed E-state index contributed by atoms with van der Waals surface area (Å²) in [5.74, 6) is 0.00934. The average Bonchev–Trinajstić information content (AvgIpc) is 3.54. The first-order valence-electron chi connectivity index (χ1n) is 12.7. The Balaban J connectivity index is 1.72. The Hall–Kier alpha value is -6.52. The van der Waals surface area contributed by atoms with Crippen molar-refractivity contribution in [1.82, 2.24) is 20.4 Å². The first-order chi connectivity index (χ1) is 20.7. The van der Waals surface area contributed by atoms with E-state index in [4.69, 9.17) is 22.6 Å². The van der Waals surface area contributed by atoms with Crippen LogP contribution >= 0.6 is 0 Å². The molecule has 0 aromatic heterocycles. The van der Waals surface area contributed by atoms with Gasteiger partial charge in [-0.2, -0.15) is 15.4 Å². The molecule has 0 bridgehead atoms. The quantitative estimate of drug-likeness (QED) is 0.506. The lowest BCUT2D eigenvalue weighted by Crippen LogP contribution is -2.71. The van der Waals surface area contributed by atoms with Crippen LogP contribution in [0.5, 0.6) is 11.5 Å². The molecule has 2 aromatic rings. The van der Waals surface area contributed by atoms with E-state index in [1.807, 2.05) is 56.2 Å². The van der Waals surface area contributed by atoms with Crippen molar-refractivity contribution in [2.24, 2.45) is 20.5 Å². The Kier molecular flexibility index (Phi) is 6.11. The molecule has 0 radical (unpaired) electrons. The molecular weight excluding hydrogens is 552 g/mol. The topological polar surface area (TPSA) is 161 Å². The highest BCUT2D eigenvalue weighted by atomic mass is 16.8. The van der Waals surface area contributed by atoms with Crippen LogP contribution in [0.25, 0.3) is 9.69 Å². The second-order valence-electron chi connectivity index (χ2n) is 9.90. The van der Waals surface area contributed by atoms with Gasteiger partial charge in [-0.05, 0) is 24.3 Å². The number of nitrogens with one attached hydrogen (secondary N) is 2. The van der Waals surface area contributed by atoms with Gasteiger partial charge in [-0.15, -0.1) is 15.3 Å². The van der Waals surface area contributed by atoms with Gasteiger partial charge < -0.3 is 34.3 Å². The van der Waals surface area contributed by atoms with Gasteiger partial charge in [0.05, 0.1) is 0 Å². The summed E-state index contributed by atoms with van der Waals surface area (Å²) in [4.78, 5) is 13.4. The highest BCUT2D eigenvalue weighted by Gasteiger charge is 2.66. The number of nitrogens with zero attached hydrogens (tertiary/aromatic N) is 12. The maximum Gasteiger partial charge on any atom is 0.501 e. The molecule has 2 unspecified atom stereocenters. The molecule has 2 aromatic carbocycles. The summed E-state index contributed by atoms with van der Waals surface area (Å²) in [6, 6.07) is 12.2. The van der Waals surface area contributed by atoms with E-state index >= 15 is 0 Å². The third-order valence-corrected chi connectivity index (χ3v) is 6.95. The van der Waals surface area contributed by atoms with E-state index in [1.54, 1.807) is 24.3 Å². The van der Waals surface area contributed by atoms with Crippen LogP contribution in [0.15, 0.2) is 79.9 Å². The molecule has 0 saturated carbocycles. The fourth-order valence-corrected chi connectivity index (χ4v) is 4.86. The van der Waals surface area contributed by atoms with Crippen LogP contribution in [0.3, 0.4) is 0 Å². The Morgan fingerprint density at radius 3 is 1.86 bits per heavy atom. The van der Waals surface area contributed by atoms with Crippen LogP contribution in [0.4, 0.5) is 22.7 Å². The number of allylic oxidation sites excluding steroid dienone is 2. The van der Waals surface area contributed by atoms with E-state index in [0.29, 0.717) is 11.4 Å². The fraction of sp³-hybridized carbons (Fsp3) is 0.259. The molecule has 4 heterocycles. The minimum atomic E-state index is -2.29. The summed E-state index contributed by atoms with van der Waals surface area (Å²) >= 11 is 0. The molecule has 0 fully saturated rings. The van der Waals surface area contributed by atoms with E-state index in [1.165, 1.54) is 9.80 Å². The molecule has 16 heteroatoms. The van der Waals surface area contributed by atoms with Crippen molar-refractivity contribution in [1.29, 1.82) is 10.5 Å². The number of azo groups is 2. The Morgan fingerprint density at radius 2 is 1.40 bits per heavy atom. The van der Waals surface area contributed by atoms with Crippen molar-refractivity contribution in [3.8, 4) is 23.6 Å². The molecule has 1 spiro atoms. The van der Waals surface area contributed by atoms with Gasteiger partial charge >= 0.3 is 12.3 Å². The Labute approximate surface area is 246 Å². The molecule has 0 amide bonds. The van der Waals surface area contributed by atoms with E-state index in [9.17, 15) is 10.5 Å². The number of hydrogen-bond acceptors (Lipinski definition) is 14. The maximum absolute atomic E-state index is 10.4. The van der Waals surface area contributed by atoms with Crippen molar-refractivity contribution in [3.63, 3.8) is 0 Å². The second-order valence-corrected chi connectivity index (χ2v) is 9.90. The Morgan fingerprint density at radius 1 is 0.837 bits per heavy atom. The third kappa shape index (κ3) is 4.02. The van der Waals surface area contributed by atoms with Crippen LogP contribution in [-0.2, 0) is 0 Å². The lowest BCUT2D eigenvalue weighted by Gasteiger charge is -2.45. The smallest absolute Gasteiger partial charge is 0.398 e. The standard InChI is InChI=1S/C27H22N14O2/c1-30-23-24(31-2)41-26(33-23)37-35-18-10-8-16(39(5)6)12-22(18)43-27(41)40-20(14-29)19(13-28)32-25(40)36-34-17-9-7-15(38(3)4)11-21(17)42-27/h7-12,25-26,32-33H,3-6H3/t25?,26?,27-/m1/s1. The molecular formula is C27H22N14O2. The van der Waals surface area contributed by atoms with Crippen LogP contribution in [-0.4, -0.2) is 56.6 Å². The predicted molar refractivity (Wildman–Crippen MR) is 151 cm³/mol. The van der Waals surface area contributed by atoms with E-state index in [-0.39, 0.29) is 34.5 Å². The highest BCUT2D eigenvalue weighted by Crippen LogP contribution is 2.48. The van der Waals surface area contributed by atoms with E-state index in [2.05, 4.69) is 46.8 Å². The summed E-state index contributed by atoms with van der Waals surface area (Å²) in [7, 11) is 7.41. The van der Waals surface area contributed by atoms with Gasteiger partial charge in [-0.1, -0.05) is 18.3 Å². The van der Waals surface area contributed by atoms with Gasteiger partial charge in [0.15, 0.2) is 22.9 Å². The zero-order valence-electron chi connectivity index (χ0n) is 23.3. The highest BCUT2D eigenvalue weighted by molar-refractivity contribution is 5.63. The van der Waals surface area contributed by atoms with Gasteiger partial charge in [0.25, 0.3) is 5.82 Å². The van der Waals surface area contributed by atoms with E-state index in [0.717, 1.165) is 11.4 Å². The summed E-state index contributed by atoms with van der Waals surface area (Å²) < 4.78 is 13.6. The lowest BCUT2D eigenvalue weighted by molar-refractivity contribution is -0.308. The number of rotatable bonds is 2. The van der Waals surface area contributed by atoms with Gasteiger partial charge in [0.2, 0.25) is 12.1 Å². The van der Waals surface area contributed by atoms with Crippen molar-refractivity contribution in [2.75, 3.05) is 38.0 Å². The van der Waals surface area contributed by atoms with E-state index < -0.39 is 18.6 Å². The molecule has 43 heavy (non-hydrogen) atoms. The fourth-order valence-electron chi connectivity index (χ4n) is 4.86. The first kappa shape index (κ1) is 26.7. The summed E-state index contributed by atoms with van der Waals surface area (Å²) in [6.07, 6.45) is -2.40. The zero-order valence-corrected chi connectivity index (χ0v) is 23.3. The predicted octanol–water partition coefficient (Wildman–Crippen LogP) is 3.68. The molecule has 4 aliphatic heterocycles. The maximum atomic E-state index is 10.4. The number of nitriles is 2. The monoisotopic (exact) mass is 574 g/mol. The normalized spacial score (nSPS) is 22.7. The van der Waals surface area contributed by atoms with Crippen LogP contribution in [0.1, 0.15) is 0 Å². The number of hydrogen-bond donors (Lipinski definition) is 2. The van der Waals surface area contributed by atoms with Gasteiger partial charge in [-0.25, -0.2) is 4.90 Å². The molecule has 16 nitrogen and oxygen atoms in total. The third-order valence-electron chi connectivity index (χ3n) is 6.95. The van der Waals surface area contributed by atoms with Crippen molar-refractivity contribution < 1.29 is 9.47 Å². The molecule has 2 N–H and O–H groups in total. The minimum Gasteiger partial charge on any atom is -0.398 e. The number of fused-ring (bicyclic) bond motifs is 6. The molecule has 0 aliphatic carbocycles. The molecule has 212 valence electrons. The van der Waals surface area contributed by atoms with Crippen molar-refractivity contribution in [2.45, 2.75) is 18.6 Å². The van der Waals surface area contributed by atoms with Gasteiger partial charge in [0.1, 0.15) is 23.5 Å². The number of benzene rings is 2. The SMILES string of the molecule is [C-]#[N+]C1=C([N+]#[C-])N2C(N=Nc3ccc(N(C)C)cc3O[C@@]23Oc2cc(N(C)C)ccc2N=NC2NC(C#N)=C(C#N)N23)N1. The first-order valence-corrected chi connectivity index (χ1v) is 12.7. The van der Waals surface area contributed by atoms with Crippen LogP contribution in [0, 0.1) is 35.8 Å². The lowest BCUT2D eigenvalue weighted by atomic mass is 10.2. The summed E-state index contributed by atoms with van der Waals surface area (Å²) in [6.45, 7) is 15.8. The molecule has 6 rings (SSSR count). The largest absolute Gasteiger partial charge is 0.501 e. The average molecular weight is 575 g/mol. The van der Waals surface area contributed by atoms with Gasteiger partial charge in [-0.3, -0.25) is 5.32 Å². The Bertz CT molecular complexity index is 1700. The van der Waals surface area contributed by atoms with Crippen molar-refractivity contribution >= 4 is 22.7 Å². The zero-order chi connectivity index (χ0) is 30.5. The number of anilines is 2. The number of ether oxygens (including phenoxy) is 2. The summed E-state index contributed by atoms with van der Waals surface area (Å²) in [5.41, 5.74) is 1.80. The minimum absolute atomic E-state index is 0.119.